The average molecular weight is 268 g/mol. The summed E-state index contributed by atoms with van der Waals surface area (Å²) in [6.07, 6.45) is 1.19. The minimum Gasteiger partial charge on any atom is -0.508 e. The van der Waals surface area contributed by atoms with E-state index in [-0.39, 0.29) is 23.5 Å². The van der Waals surface area contributed by atoms with Crippen molar-refractivity contribution in [3.63, 3.8) is 0 Å². The number of carbonyl (C=O) groups excluding carboxylic acids is 1. The molecule has 4 heteroatoms. The number of rotatable bonds is 2. The highest BCUT2D eigenvalue weighted by Crippen LogP contribution is 2.23. The number of piperidine rings is 1. The summed E-state index contributed by atoms with van der Waals surface area (Å²) in [7, 11) is 0. The van der Waals surface area contributed by atoms with Crippen molar-refractivity contribution in [3.8, 4) is 5.75 Å². The van der Waals surface area contributed by atoms with Gasteiger partial charge in [0.25, 0.3) is 0 Å². The molecule has 1 aliphatic heterocycles. The Morgan fingerprint density at radius 1 is 1.50 bits per heavy atom. The van der Waals surface area contributed by atoms with Crippen LogP contribution in [0.4, 0.5) is 0 Å². The lowest BCUT2D eigenvalue weighted by Gasteiger charge is -2.34. The molecule has 1 aromatic rings. The summed E-state index contributed by atoms with van der Waals surface area (Å²) >= 11 is 6.20. The topological polar surface area (TPSA) is 40.5 Å². The van der Waals surface area contributed by atoms with Crippen molar-refractivity contribution in [2.45, 2.75) is 25.1 Å². The number of halogens is 1. The van der Waals surface area contributed by atoms with Crippen molar-refractivity contribution in [1.29, 1.82) is 0 Å². The number of amides is 1. The van der Waals surface area contributed by atoms with Crippen molar-refractivity contribution >= 4 is 17.5 Å². The first kappa shape index (κ1) is 13.2. The molecule has 0 saturated carbocycles. The van der Waals surface area contributed by atoms with E-state index in [2.05, 4.69) is 6.92 Å². The van der Waals surface area contributed by atoms with E-state index in [0.717, 1.165) is 13.0 Å². The van der Waals surface area contributed by atoms with Crippen LogP contribution in [-0.4, -0.2) is 34.4 Å². The fourth-order valence-corrected chi connectivity index (χ4v) is 2.48. The molecule has 18 heavy (non-hydrogen) atoms. The molecule has 3 nitrogen and oxygen atoms in total. The molecule has 2 rings (SSSR count). The van der Waals surface area contributed by atoms with Crippen LogP contribution in [0.3, 0.4) is 0 Å². The molecule has 1 aliphatic rings. The number of alkyl halides is 1. The van der Waals surface area contributed by atoms with E-state index in [4.69, 9.17) is 11.6 Å². The Morgan fingerprint density at radius 3 is 2.89 bits per heavy atom. The number of nitrogens with zero attached hydrogens (tertiary/aromatic N) is 1. The number of phenolic OH excluding ortho intramolecular Hbond substituents is 1. The summed E-state index contributed by atoms with van der Waals surface area (Å²) in [4.78, 5) is 13.9. The van der Waals surface area contributed by atoms with Gasteiger partial charge < -0.3 is 10.0 Å². The maximum atomic E-state index is 12.1. The SMILES string of the molecule is CC1CCN(C(=O)Cc2ccccc2O)CC1Cl. The van der Waals surface area contributed by atoms with Crippen LogP contribution in [-0.2, 0) is 11.2 Å². The predicted molar refractivity (Wildman–Crippen MR) is 71.8 cm³/mol. The molecule has 0 spiro atoms. The highest BCUT2D eigenvalue weighted by Gasteiger charge is 2.27. The number of hydrogen-bond donors (Lipinski definition) is 1. The van der Waals surface area contributed by atoms with Gasteiger partial charge >= 0.3 is 0 Å². The number of carbonyl (C=O) groups is 1. The maximum absolute atomic E-state index is 12.1. The fraction of sp³-hybridized carbons (Fsp3) is 0.500. The Kier molecular flexibility index (Phi) is 4.12. The molecular weight excluding hydrogens is 250 g/mol. The molecule has 1 amide bonds. The van der Waals surface area contributed by atoms with Crippen LogP contribution in [0.5, 0.6) is 5.75 Å². The summed E-state index contributed by atoms with van der Waals surface area (Å²) < 4.78 is 0. The highest BCUT2D eigenvalue weighted by molar-refractivity contribution is 6.21. The van der Waals surface area contributed by atoms with Gasteiger partial charge in [-0.3, -0.25) is 4.79 Å². The molecule has 0 radical (unpaired) electrons. The zero-order valence-electron chi connectivity index (χ0n) is 10.5. The minimum absolute atomic E-state index is 0.0343. The number of hydrogen-bond acceptors (Lipinski definition) is 2. The molecule has 1 fully saturated rings. The third-order valence-corrected chi connectivity index (χ3v) is 4.12. The maximum Gasteiger partial charge on any atom is 0.227 e. The molecule has 2 unspecified atom stereocenters. The summed E-state index contributed by atoms with van der Waals surface area (Å²) in [5, 5.41) is 9.69. The Morgan fingerprint density at radius 2 is 2.22 bits per heavy atom. The Balaban J connectivity index is 1.99. The van der Waals surface area contributed by atoms with E-state index in [1.807, 2.05) is 6.07 Å². The lowest BCUT2D eigenvalue weighted by Crippen LogP contribution is -2.44. The molecule has 1 N–H and O–H groups in total. The van der Waals surface area contributed by atoms with Gasteiger partial charge in [0, 0.05) is 18.7 Å². The van der Waals surface area contributed by atoms with Crippen LogP contribution in [0, 0.1) is 5.92 Å². The molecule has 1 aromatic carbocycles. The van der Waals surface area contributed by atoms with E-state index in [1.165, 1.54) is 0 Å². The van der Waals surface area contributed by atoms with Gasteiger partial charge in [-0.15, -0.1) is 11.6 Å². The Bertz CT molecular complexity index is 436. The summed E-state index contributed by atoms with van der Waals surface area (Å²) in [6.45, 7) is 3.48. The van der Waals surface area contributed by atoms with E-state index in [0.29, 0.717) is 18.0 Å². The van der Waals surface area contributed by atoms with E-state index < -0.39 is 0 Å². The summed E-state index contributed by atoms with van der Waals surface area (Å²) in [5.41, 5.74) is 0.673. The van der Waals surface area contributed by atoms with Crippen molar-refractivity contribution < 1.29 is 9.90 Å². The summed E-state index contributed by atoms with van der Waals surface area (Å²) in [6, 6.07) is 6.95. The van der Waals surface area contributed by atoms with Gasteiger partial charge in [0.2, 0.25) is 5.91 Å². The van der Waals surface area contributed by atoms with Crippen LogP contribution in [0.2, 0.25) is 0 Å². The van der Waals surface area contributed by atoms with Crippen LogP contribution >= 0.6 is 11.6 Å². The van der Waals surface area contributed by atoms with E-state index in [1.54, 1.807) is 23.1 Å². The quantitative estimate of drug-likeness (QED) is 0.836. The molecule has 2 atom stereocenters. The lowest BCUT2D eigenvalue weighted by atomic mass is 9.98. The number of benzene rings is 1. The van der Waals surface area contributed by atoms with Gasteiger partial charge in [0.1, 0.15) is 5.75 Å². The lowest BCUT2D eigenvalue weighted by molar-refractivity contribution is -0.131. The Labute approximate surface area is 112 Å². The molecule has 0 aromatic heterocycles. The van der Waals surface area contributed by atoms with Gasteiger partial charge in [-0.05, 0) is 18.4 Å². The smallest absolute Gasteiger partial charge is 0.227 e. The van der Waals surface area contributed by atoms with Gasteiger partial charge in [-0.25, -0.2) is 0 Å². The van der Waals surface area contributed by atoms with Gasteiger partial charge in [-0.2, -0.15) is 0 Å². The highest BCUT2D eigenvalue weighted by atomic mass is 35.5. The van der Waals surface area contributed by atoms with Gasteiger partial charge in [-0.1, -0.05) is 25.1 Å². The van der Waals surface area contributed by atoms with Crippen molar-refractivity contribution in [2.75, 3.05) is 13.1 Å². The molecule has 1 heterocycles. The third kappa shape index (κ3) is 2.96. The monoisotopic (exact) mass is 267 g/mol. The molecule has 0 bridgehead atoms. The second-order valence-electron chi connectivity index (χ2n) is 4.93. The van der Waals surface area contributed by atoms with Crippen LogP contribution < -0.4 is 0 Å². The summed E-state index contributed by atoms with van der Waals surface area (Å²) in [5.74, 6) is 0.675. The standard InChI is InChI=1S/C14H18ClNO2/c1-10-6-7-16(9-12(10)15)14(18)8-11-4-2-3-5-13(11)17/h2-5,10,12,17H,6-9H2,1H3. The van der Waals surface area contributed by atoms with E-state index in [9.17, 15) is 9.90 Å². The van der Waals surface area contributed by atoms with E-state index >= 15 is 0 Å². The molecular formula is C14H18ClNO2. The van der Waals surface area contributed by atoms with Crippen molar-refractivity contribution in [1.82, 2.24) is 4.90 Å². The molecule has 0 aliphatic carbocycles. The van der Waals surface area contributed by atoms with Gasteiger partial charge in [0.05, 0.1) is 11.8 Å². The first-order valence-corrected chi connectivity index (χ1v) is 6.70. The van der Waals surface area contributed by atoms with Crippen molar-refractivity contribution in [2.24, 2.45) is 5.92 Å². The number of likely N-dealkylation sites (tertiary alicyclic amines) is 1. The van der Waals surface area contributed by atoms with Gasteiger partial charge in [0.15, 0.2) is 0 Å². The molecule has 1 saturated heterocycles. The van der Waals surface area contributed by atoms with Crippen molar-refractivity contribution in [3.05, 3.63) is 29.8 Å². The third-order valence-electron chi connectivity index (χ3n) is 3.55. The molecule has 98 valence electrons. The number of para-hydroxylation sites is 1. The second-order valence-corrected chi connectivity index (χ2v) is 5.49. The zero-order chi connectivity index (χ0) is 13.1. The zero-order valence-corrected chi connectivity index (χ0v) is 11.2. The number of aromatic hydroxyl groups is 1. The minimum atomic E-state index is 0.0343. The average Bonchev–Trinajstić information content (AvgIpc) is 2.35. The largest absolute Gasteiger partial charge is 0.508 e. The predicted octanol–water partition coefficient (Wildman–Crippen LogP) is 2.41. The van der Waals surface area contributed by atoms with Crippen LogP contribution in [0.25, 0.3) is 0 Å². The Hall–Kier alpha value is -1.22. The number of phenols is 1. The normalized spacial score (nSPS) is 24.0. The first-order valence-electron chi connectivity index (χ1n) is 6.26. The second kappa shape index (κ2) is 5.61. The van der Waals surface area contributed by atoms with Crippen LogP contribution in [0.15, 0.2) is 24.3 Å². The first-order chi connectivity index (χ1) is 8.58. The fourth-order valence-electron chi connectivity index (χ4n) is 2.18. The van der Waals surface area contributed by atoms with Crippen LogP contribution in [0.1, 0.15) is 18.9 Å².